The molecule has 0 saturated heterocycles. The molecule has 0 radical (unpaired) electrons. The molecule has 0 bridgehead atoms. The smallest absolute Gasteiger partial charge is 0.166 e. The van der Waals surface area contributed by atoms with Crippen LogP contribution in [0.2, 0.25) is 0 Å². The molecule has 50 heavy (non-hydrogen) atoms. The first-order valence-corrected chi connectivity index (χ1v) is 17.5. The van der Waals surface area contributed by atoms with Gasteiger partial charge in [-0.25, -0.2) is 15.0 Å². The van der Waals surface area contributed by atoms with Gasteiger partial charge < -0.3 is 4.57 Å². The Morgan fingerprint density at radius 1 is 0.380 bits per heavy atom. The molecule has 4 nitrogen and oxygen atoms in total. The maximum absolute atomic E-state index is 5.23. The molecule has 0 aliphatic heterocycles. The molecule has 0 N–H and O–H groups in total. The van der Waals surface area contributed by atoms with E-state index in [0.717, 1.165) is 39.0 Å². The van der Waals surface area contributed by atoms with Gasteiger partial charge in [-0.15, -0.1) is 11.3 Å². The van der Waals surface area contributed by atoms with Crippen LogP contribution in [0.4, 0.5) is 0 Å². The van der Waals surface area contributed by atoms with Gasteiger partial charge in [-0.1, -0.05) is 146 Å². The molecule has 10 aromatic rings. The number of thiophene rings is 1. The highest BCUT2D eigenvalue weighted by atomic mass is 32.1. The highest BCUT2D eigenvalue weighted by molar-refractivity contribution is 7.26. The van der Waals surface area contributed by atoms with Gasteiger partial charge in [-0.05, 0) is 29.8 Å². The summed E-state index contributed by atoms with van der Waals surface area (Å²) in [6, 6.07) is 59.6. The van der Waals surface area contributed by atoms with Crippen molar-refractivity contribution >= 4 is 53.3 Å². The fourth-order valence-electron chi connectivity index (χ4n) is 7.24. The molecule has 0 aliphatic carbocycles. The summed E-state index contributed by atoms with van der Waals surface area (Å²) < 4.78 is 5.01. The zero-order valence-electron chi connectivity index (χ0n) is 26.9. The van der Waals surface area contributed by atoms with Crippen LogP contribution in [-0.2, 0) is 0 Å². The lowest BCUT2D eigenvalue weighted by molar-refractivity contribution is 1.07. The van der Waals surface area contributed by atoms with Gasteiger partial charge in [-0.3, -0.25) is 0 Å². The van der Waals surface area contributed by atoms with Crippen molar-refractivity contribution in [2.24, 2.45) is 0 Å². The Kier molecular flexibility index (Phi) is 6.64. The highest BCUT2D eigenvalue weighted by Gasteiger charge is 2.24. The third-order valence-electron chi connectivity index (χ3n) is 9.46. The van der Waals surface area contributed by atoms with Crippen LogP contribution in [0, 0.1) is 0 Å². The Morgan fingerprint density at radius 3 is 1.64 bits per heavy atom. The Morgan fingerprint density at radius 2 is 0.940 bits per heavy atom. The third kappa shape index (κ3) is 4.55. The van der Waals surface area contributed by atoms with Gasteiger partial charge in [0.2, 0.25) is 0 Å². The quantitative estimate of drug-likeness (QED) is 0.185. The highest BCUT2D eigenvalue weighted by Crippen LogP contribution is 2.46. The van der Waals surface area contributed by atoms with Gasteiger partial charge in [0.25, 0.3) is 0 Å². The van der Waals surface area contributed by atoms with Gasteiger partial charge in [0.1, 0.15) is 0 Å². The molecule has 234 valence electrons. The zero-order valence-corrected chi connectivity index (χ0v) is 27.7. The minimum absolute atomic E-state index is 0.624. The number of aromatic nitrogens is 4. The number of fused-ring (bicyclic) bond motifs is 7. The van der Waals surface area contributed by atoms with Crippen LogP contribution >= 0.6 is 11.3 Å². The predicted octanol–water partition coefficient (Wildman–Crippen LogP) is 12.0. The molecule has 5 heteroatoms. The van der Waals surface area contributed by atoms with Gasteiger partial charge in [-0.2, -0.15) is 0 Å². The molecule has 0 saturated carbocycles. The van der Waals surface area contributed by atoms with Crippen LogP contribution in [0.5, 0.6) is 0 Å². The molecule has 0 unspecified atom stereocenters. The van der Waals surface area contributed by atoms with E-state index in [1.807, 2.05) is 47.7 Å². The fourth-order valence-corrected chi connectivity index (χ4v) is 8.35. The van der Waals surface area contributed by atoms with Crippen LogP contribution in [0.15, 0.2) is 170 Å². The predicted molar refractivity (Wildman–Crippen MR) is 209 cm³/mol. The van der Waals surface area contributed by atoms with Gasteiger partial charge >= 0.3 is 0 Å². The summed E-state index contributed by atoms with van der Waals surface area (Å²) in [5, 5.41) is 4.95. The summed E-state index contributed by atoms with van der Waals surface area (Å²) in [4.78, 5) is 15.5. The molecule has 3 aromatic heterocycles. The Hall–Kier alpha value is -6.43. The van der Waals surface area contributed by atoms with Crippen LogP contribution in [0.3, 0.4) is 0 Å². The third-order valence-corrected chi connectivity index (χ3v) is 10.6. The van der Waals surface area contributed by atoms with Crippen LogP contribution in [0.1, 0.15) is 0 Å². The summed E-state index contributed by atoms with van der Waals surface area (Å²) >= 11 is 1.84. The van der Waals surface area contributed by atoms with Crippen molar-refractivity contribution in [1.29, 1.82) is 0 Å². The standard InChI is InChI=1S/C45H28N4S/c1-4-15-29(16-5-1)32-23-14-24-36(45-47-43(30-17-6-2-7-18-30)46-44(48-45)31-19-8-3-9-20-31)41(32)49-37-25-12-10-21-33(37)34-27-28-39-40(42(34)49)35-22-11-13-26-38(35)50-39/h1-28H. The molecule has 10 rings (SSSR count). The fraction of sp³-hybridized carbons (Fsp3) is 0. The lowest BCUT2D eigenvalue weighted by Gasteiger charge is -2.19. The van der Waals surface area contributed by atoms with Crippen molar-refractivity contribution in [2.45, 2.75) is 0 Å². The van der Waals surface area contributed by atoms with Crippen molar-refractivity contribution in [3.05, 3.63) is 170 Å². The van der Waals surface area contributed by atoms with Gasteiger partial charge in [0, 0.05) is 53.2 Å². The maximum atomic E-state index is 5.23. The second-order valence-corrected chi connectivity index (χ2v) is 13.5. The normalized spacial score (nSPS) is 11.6. The van der Waals surface area contributed by atoms with Gasteiger partial charge in [0.05, 0.1) is 16.7 Å². The molecule has 0 spiro atoms. The minimum Gasteiger partial charge on any atom is -0.307 e. The van der Waals surface area contributed by atoms with E-state index < -0.39 is 0 Å². The summed E-state index contributed by atoms with van der Waals surface area (Å²) in [6.07, 6.45) is 0. The van der Waals surface area contributed by atoms with E-state index in [-0.39, 0.29) is 0 Å². The topological polar surface area (TPSA) is 43.6 Å². The average Bonchev–Trinajstić information content (AvgIpc) is 3.74. The molecule has 0 fully saturated rings. The van der Waals surface area contributed by atoms with Crippen molar-refractivity contribution in [3.8, 4) is 51.0 Å². The van der Waals surface area contributed by atoms with E-state index in [4.69, 9.17) is 15.0 Å². The first kappa shape index (κ1) is 28.6. The number of para-hydroxylation sites is 2. The molecular formula is C45H28N4S. The monoisotopic (exact) mass is 656 g/mol. The molecule has 0 aliphatic rings. The number of benzene rings is 7. The molecule has 3 heterocycles. The summed E-state index contributed by atoms with van der Waals surface area (Å²) in [7, 11) is 0. The maximum Gasteiger partial charge on any atom is 0.166 e. The van der Waals surface area contributed by atoms with E-state index in [9.17, 15) is 0 Å². The molecular weight excluding hydrogens is 629 g/mol. The largest absolute Gasteiger partial charge is 0.307 e. The average molecular weight is 657 g/mol. The zero-order chi connectivity index (χ0) is 33.0. The number of hydrogen-bond donors (Lipinski definition) is 0. The summed E-state index contributed by atoms with van der Waals surface area (Å²) in [5.74, 6) is 1.90. The number of rotatable bonds is 5. The van der Waals surface area contributed by atoms with E-state index in [0.29, 0.717) is 17.5 Å². The lowest BCUT2D eigenvalue weighted by atomic mass is 9.98. The second-order valence-electron chi connectivity index (χ2n) is 12.4. The molecule has 0 atom stereocenters. The molecule has 7 aromatic carbocycles. The number of nitrogens with zero attached hydrogens (tertiary/aromatic N) is 4. The lowest BCUT2D eigenvalue weighted by Crippen LogP contribution is -2.05. The van der Waals surface area contributed by atoms with Crippen molar-refractivity contribution < 1.29 is 0 Å². The first-order valence-electron chi connectivity index (χ1n) is 16.7. The van der Waals surface area contributed by atoms with E-state index in [2.05, 4.69) is 138 Å². The van der Waals surface area contributed by atoms with Crippen LogP contribution < -0.4 is 0 Å². The Balaban J connectivity index is 1.38. The van der Waals surface area contributed by atoms with E-state index >= 15 is 0 Å². The Bertz CT molecular complexity index is 2800. The van der Waals surface area contributed by atoms with Crippen LogP contribution in [-0.4, -0.2) is 19.5 Å². The summed E-state index contributed by atoms with van der Waals surface area (Å²) in [6.45, 7) is 0. The summed E-state index contributed by atoms with van der Waals surface area (Å²) in [5.41, 5.74) is 8.40. The van der Waals surface area contributed by atoms with E-state index in [1.54, 1.807) is 0 Å². The van der Waals surface area contributed by atoms with Gasteiger partial charge in [0.15, 0.2) is 17.5 Å². The second kappa shape index (κ2) is 11.6. The van der Waals surface area contributed by atoms with E-state index in [1.165, 1.54) is 36.5 Å². The SMILES string of the molecule is c1ccc(-c2nc(-c3ccccc3)nc(-c3cccc(-c4ccccc4)c3-n3c4ccccc4c4ccc5sc6ccccc6c5c43)n2)cc1. The molecule has 0 amide bonds. The van der Waals surface area contributed by atoms with Crippen LogP contribution in [0.25, 0.3) is 93.0 Å². The van der Waals surface area contributed by atoms with Crippen molar-refractivity contribution in [2.75, 3.05) is 0 Å². The van der Waals surface area contributed by atoms with Crippen molar-refractivity contribution in [1.82, 2.24) is 19.5 Å². The first-order chi connectivity index (χ1) is 24.8. The minimum atomic E-state index is 0.624. The Labute approximate surface area is 292 Å². The number of hydrogen-bond acceptors (Lipinski definition) is 4. The van der Waals surface area contributed by atoms with Crippen molar-refractivity contribution in [3.63, 3.8) is 0 Å².